The molecular formula is C10H17N3. The number of nitriles is 1. The van der Waals surface area contributed by atoms with Gasteiger partial charge in [-0.05, 0) is 38.1 Å². The van der Waals surface area contributed by atoms with Gasteiger partial charge in [-0.3, -0.25) is 4.90 Å². The van der Waals surface area contributed by atoms with E-state index in [4.69, 9.17) is 11.0 Å². The predicted molar refractivity (Wildman–Crippen MR) is 50.9 cm³/mol. The Morgan fingerprint density at radius 2 is 2.15 bits per heavy atom. The van der Waals surface area contributed by atoms with E-state index in [0.29, 0.717) is 11.8 Å². The standard InChI is InChI=1S/C10H17N3/c1-10(7-12,9-2-3-9)13-5-8(4-11)6-13/h8-9H,2-6,11H2,1H3/t10-/m1/s1. The molecule has 0 aromatic carbocycles. The topological polar surface area (TPSA) is 53.0 Å². The summed E-state index contributed by atoms with van der Waals surface area (Å²) in [7, 11) is 0. The van der Waals surface area contributed by atoms with E-state index in [9.17, 15) is 0 Å². The molecule has 2 fully saturated rings. The minimum absolute atomic E-state index is 0.189. The summed E-state index contributed by atoms with van der Waals surface area (Å²) in [5.41, 5.74) is 5.37. The van der Waals surface area contributed by atoms with Crippen molar-refractivity contribution in [2.24, 2.45) is 17.6 Å². The predicted octanol–water partition coefficient (Wildman–Crippen LogP) is 0.569. The van der Waals surface area contributed by atoms with Crippen LogP contribution in [-0.4, -0.2) is 30.1 Å². The van der Waals surface area contributed by atoms with Gasteiger partial charge in [0.1, 0.15) is 5.54 Å². The van der Waals surface area contributed by atoms with Crippen molar-refractivity contribution < 1.29 is 0 Å². The average Bonchev–Trinajstić information content (AvgIpc) is 2.84. The molecule has 2 N–H and O–H groups in total. The second-order valence-corrected chi connectivity index (χ2v) is 4.54. The van der Waals surface area contributed by atoms with Gasteiger partial charge < -0.3 is 5.73 Å². The van der Waals surface area contributed by atoms with Crippen LogP contribution in [0.3, 0.4) is 0 Å². The molecule has 3 nitrogen and oxygen atoms in total. The zero-order valence-electron chi connectivity index (χ0n) is 8.16. The lowest BCUT2D eigenvalue weighted by molar-refractivity contribution is 0.0166. The van der Waals surface area contributed by atoms with Gasteiger partial charge in [0.25, 0.3) is 0 Å². The summed E-state index contributed by atoms with van der Waals surface area (Å²) in [4.78, 5) is 2.29. The van der Waals surface area contributed by atoms with Gasteiger partial charge in [-0.1, -0.05) is 0 Å². The summed E-state index contributed by atoms with van der Waals surface area (Å²) in [6, 6.07) is 2.47. The largest absolute Gasteiger partial charge is 0.330 e. The Kier molecular flexibility index (Phi) is 2.05. The van der Waals surface area contributed by atoms with E-state index in [-0.39, 0.29) is 5.54 Å². The maximum atomic E-state index is 9.17. The molecule has 3 heteroatoms. The number of hydrogen-bond donors (Lipinski definition) is 1. The third kappa shape index (κ3) is 1.34. The Bertz CT molecular complexity index is 235. The van der Waals surface area contributed by atoms with E-state index >= 15 is 0 Å². The van der Waals surface area contributed by atoms with Gasteiger partial charge >= 0.3 is 0 Å². The van der Waals surface area contributed by atoms with Crippen molar-refractivity contribution in [3.05, 3.63) is 0 Å². The van der Waals surface area contributed by atoms with Gasteiger partial charge in [0.05, 0.1) is 6.07 Å². The summed E-state index contributed by atoms with van der Waals surface area (Å²) >= 11 is 0. The molecule has 2 rings (SSSR count). The van der Waals surface area contributed by atoms with E-state index in [1.54, 1.807) is 0 Å². The van der Waals surface area contributed by atoms with Crippen molar-refractivity contribution in [2.45, 2.75) is 25.3 Å². The first-order chi connectivity index (χ1) is 6.20. The molecule has 0 spiro atoms. The van der Waals surface area contributed by atoms with Crippen LogP contribution in [0.15, 0.2) is 0 Å². The van der Waals surface area contributed by atoms with Gasteiger partial charge in [0.2, 0.25) is 0 Å². The smallest absolute Gasteiger partial charge is 0.109 e. The minimum Gasteiger partial charge on any atom is -0.330 e. The highest BCUT2D eigenvalue weighted by atomic mass is 15.3. The zero-order valence-corrected chi connectivity index (χ0v) is 8.16. The normalized spacial score (nSPS) is 29.0. The number of hydrogen-bond acceptors (Lipinski definition) is 3. The third-order valence-corrected chi connectivity index (χ3v) is 3.55. The van der Waals surface area contributed by atoms with Crippen LogP contribution in [0.1, 0.15) is 19.8 Å². The van der Waals surface area contributed by atoms with Gasteiger partial charge in [-0.15, -0.1) is 0 Å². The molecule has 0 aromatic heterocycles. The molecule has 2 aliphatic rings. The van der Waals surface area contributed by atoms with E-state index in [2.05, 4.69) is 17.9 Å². The molecule has 0 aromatic rings. The molecule has 0 bridgehead atoms. The third-order valence-electron chi connectivity index (χ3n) is 3.55. The van der Waals surface area contributed by atoms with Crippen LogP contribution < -0.4 is 5.73 Å². The second-order valence-electron chi connectivity index (χ2n) is 4.54. The molecule has 1 saturated carbocycles. The number of nitrogens with zero attached hydrogens (tertiary/aromatic N) is 2. The lowest BCUT2D eigenvalue weighted by Gasteiger charge is -2.47. The van der Waals surface area contributed by atoms with Crippen molar-refractivity contribution in [3.63, 3.8) is 0 Å². The van der Waals surface area contributed by atoms with Crippen molar-refractivity contribution in [1.29, 1.82) is 5.26 Å². The average molecular weight is 179 g/mol. The molecule has 1 aliphatic heterocycles. The Labute approximate surface area is 79.5 Å². The lowest BCUT2D eigenvalue weighted by atomic mass is 9.87. The maximum absolute atomic E-state index is 9.17. The van der Waals surface area contributed by atoms with Crippen LogP contribution in [0, 0.1) is 23.2 Å². The number of likely N-dealkylation sites (tertiary alicyclic amines) is 1. The SMILES string of the molecule is C[C@@](C#N)(C1CC1)N1CC(CN)C1. The van der Waals surface area contributed by atoms with E-state index in [1.807, 2.05) is 0 Å². The van der Waals surface area contributed by atoms with E-state index in [1.165, 1.54) is 12.8 Å². The molecule has 72 valence electrons. The highest BCUT2D eigenvalue weighted by molar-refractivity contribution is 5.15. The fraction of sp³-hybridized carbons (Fsp3) is 0.900. The van der Waals surface area contributed by atoms with Crippen molar-refractivity contribution in [1.82, 2.24) is 4.90 Å². The summed E-state index contributed by atoms with van der Waals surface area (Å²) in [5, 5.41) is 9.17. The van der Waals surface area contributed by atoms with Crippen LogP contribution in [0.2, 0.25) is 0 Å². The lowest BCUT2D eigenvalue weighted by Crippen LogP contribution is -2.60. The minimum atomic E-state index is -0.189. The number of nitrogens with two attached hydrogens (primary N) is 1. The highest BCUT2D eigenvalue weighted by Crippen LogP contribution is 2.44. The fourth-order valence-corrected chi connectivity index (χ4v) is 2.16. The van der Waals surface area contributed by atoms with E-state index < -0.39 is 0 Å². The Balaban J connectivity index is 1.96. The van der Waals surface area contributed by atoms with Gasteiger partial charge in [-0.25, -0.2) is 0 Å². The van der Waals surface area contributed by atoms with Gasteiger partial charge in [-0.2, -0.15) is 5.26 Å². The first-order valence-electron chi connectivity index (χ1n) is 5.07. The molecule has 0 radical (unpaired) electrons. The van der Waals surface area contributed by atoms with Crippen molar-refractivity contribution in [2.75, 3.05) is 19.6 Å². The zero-order chi connectivity index (χ0) is 9.47. The molecule has 0 unspecified atom stereocenters. The summed E-state index contributed by atoms with van der Waals surface area (Å²) in [6.45, 7) is 4.90. The van der Waals surface area contributed by atoms with Crippen molar-refractivity contribution >= 4 is 0 Å². The maximum Gasteiger partial charge on any atom is 0.109 e. The fourth-order valence-electron chi connectivity index (χ4n) is 2.16. The van der Waals surface area contributed by atoms with Crippen LogP contribution in [0.5, 0.6) is 0 Å². The first kappa shape index (κ1) is 8.98. The van der Waals surface area contributed by atoms with Gasteiger partial charge in [0, 0.05) is 13.1 Å². The monoisotopic (exact) mass is 179 g/mol. The Morgan fingerprint density at radius 3 is 2.54 bits per heavy atom. The first-order valence-corrected chi connectivity index (χ1v) is 5.07. The van der Waals surface area contributed by atoms with Crippen LogP contribution in [0.25, 0.3) is 0 Å². The number of rotatable bonds is 3. The van der Waals surface area contributed by atoms with Crippen LogP contribution in [0.4, 0.5) is 0 Å². The van der Waals surface area contributed by atoms with Crippen LogP contribution >= 0.6 is 0 Å². The summed E-state index contributed by atoms with van der Waals surface area (Å²) < 4.78 is 0. The summed E-state index contributed by atoms with van der Waals surface area (Å²) in [6.07, 6.45) is 2.46. The Morgan fingerprint density at radius 1 is 1.54 bits per heavy atom. The Hall–Kier alpha value is -0.590. The molecular weight excluding hydrogens is 162 g/mol. The highest BCUT2D eigenvalue weighted by Gasteiger charge is 2.49. The van der Waals surface area contributed by atoms with Crippen molar-refractivity contribution in [3.8, 4) is 6.07 Å². The van der Waals surface area contributed by atoms with Gasteiger partial charge in [0.15, 0.2) is 0 Å². The second kappa shape index (κ2) is 2.97. The summed E-state index contributed by atoms with van der Waals surface area (Å²) in [5.74, 6) is 1.25. The van der Waals surface area contributed by atoms with Crippen LogP contribution in [-0.2, 0) is 0 Å². The van der Waals surface area contributed by atoms with E-state index in [0.717, 1.165) is 19.6 Å². The molecule has 1 heterocycles. The molecule has 13 heavy (non-hydrogen) atoms. The molecule has 1 aliphatic carbocycles. The molecule has 1 saturated heterocycles. The quantitative estimate of drug-likeness (QED) is 0.689. The molecule has 0 amide bonds. The molecule has 1 atom stereocenters.